The van der Waals surface area contributed by atoms with Crippen LogP contribution in [0.15, 0.2) is 35.1 Å². The molecule has 0 aliphatic carbocycles. The summed E-state index contributed by atoms with van der Waals surface area (Å²) < 4.78 is 1.03. The Hall–Kier alpha value is -0.840. The first kappa shape index (κ1) is 13.6. The molecule has 0 bridgehead atoms. The molecular formula is C13H15BrClN3. The number of likely N-dealkylation sites (N-methyl/N-ethyl adjacent to an activating group) is 1. The summed E-state index contributed by atoms with van der Waals surface area (Å²) in [7, 11) is 0. The van der Waals surface area contributed by atoms with E-state index in [0.717, 1.165) is 33.8 Å². The third-order valence-electron chi connectivity index (χ3n) is 2.74. The summed E-state index contributed by atoms with van der Waals surface area (Å²) in [6.45, 7) is 2.97. The number of H-pyrrole nitrogens is 1. The fourth-order valence-electron chi connectivity index (χ4n) is 1.92. The van der Waals surface area contributed by atoms with E-state index in [2.05, 4.69) is 44.2 Å². The molecule has 0 saturated heterocycles. The Morgan fingerprint density at radius 2 is 2.33 bits per heavy atom. The number of rotatable bonds is 5. The van der Waals surface area contributed by atoms with Gasteiger partial charge in [-0.3, -0.25) is 0 Å². The minimum Gasteiger partial charge on any atom is -0.349 e. The van der Waals surface area contributed by atoms with Crippen molar-refractivity contribution in [3.8, 4) is 0 Å². The molecule has 0 fully saturated rings. The van der Waals surface area contributed by atoms with Crippen LogP contribution >= 0.6 is 27.5 Å². The Balaban J connectivity index is 2.26. The molecule has 0 radical (unpaired) electrons. The molecule has 5 heteroatoms. The van der Waals surface area contributed by atoms with Crippen molar-refractivity contribution >= 4 is 27.5 Å². The van der Waals surface area contributed by atoms with Crippen LogP contribution in [0.5, 0.6) is 0 Å². The van der Waals surface area contributed by atoms with E-state index in [-0.39, 0.29) is 6.04 Å². The van der Waals surface area contributed by atoms with E-state index in [4.69, 9.17) is 11.6 Å². The Morgan fingerprint density at radius 3 is 3.00 bits per heavy atom. The van der Waals surface area contributed by atoms with Gasteiger partial charge in [0.1, 0.15) is 5.82 Å². The summed E-state index contributed by atoms with van der Waals surface area (Å²) in [5.41, 5.74) is 1.09. The van der Waals surface area contributed by atoms with E-state index in [1.165, 1.54) is 0 Å². The summed E-state index contributed by atoms with van der Waals surface area (Å²) in [4.78, 5) is 7.39. The third kappa shape index (κ3) is 3.34. The molecule has 2 rings (SSSR count). The molecule has 1 aromatic carbocycles. The fourth-order valence-corrected chi connectivity index (χ4v) is 2.55. The highest BCUT2D eigenvalue weighted by atomic mass is 79.9. The van der Waals surface area contributed by atoms with Gasteiger partial charge in [0.25, 0.3) is 0 Å². The molecule has 1 aromatic heterocycles. The number of aromatic nitrogens is 2. The molecule has 1 unspecified atom stereocenters. The van der Waals surface area contributed by atoms with Gasteiger partial charge in [-0.15, -0.1) is 0 Å². The van der Waals surface area contributed by atoms with Gasteiger partial charge in [-0.25, -0.2) is 4.98 Å². The number of hydrogen-bond acceptors (Lipinski definition) is 2. The second-order valence-corrected chi connectivity index (χ2v) is 5.34. The van der Waals surface area contributed by atoms with Crippen LogP contribution in [0.4, 0.5) is 0 Å². The number of nitrogens with zero attached hydrogens (tertiary/aromatic N) is 1. The highest BCUT2D eigenvalue weighted by Crippen LogP contribution is 2.28. The SMILES string of the molecule is CCNC(Cc1ncc[nH]1)c1cc(Br)ccc1Cl. The van der Waals surface area contributed by atoms with E-state index in [1.54, 1.807) is 6.20 Å². The largest absolute Gasteiger partial charge is 0.349 e. The van der Waals surface area contributed by atoms with E-state index < -0.39 is 0 Å². The zero-order valence-electron chi connectivity index (χ0n) is 10.1. The fraction of sp³-hybridized carbons (Fsp3) is 0.308. The maximum Gasteiger partial charge on any atom is 0.107 e. The van der Waals surface area contributed by atoms with Gasteiger partial charge < -0.3 is 10.3 Å². The molecule has 0 aliphatic rings. The van der Waals surface area contributed by atoms with Crippen LogP contribution < -0.4 is 5.32 Å². The predicted molar refractivity (Wildman–Crippen MR) is 77.9 cm³/mol. The van der Waals surface area contributed by atoms with Gasteiger partial charge in [-0.05, 0) is 30.3 Å². The van der Waals surface area contributed by atoms with Crippen molar-refractivity contribution in [2.24, 2.45) is 0 Å². The lowest BCUT2D eigenvalue weighted by atomic mass is 10.0. The van der Waals surface area contributed by atoms with Gasteiger partial charge >= 0.3 is 0 Å². The first-order chi connectivity index (χ1) is 8.70. The highest BCUT2D eigenvalue weighted by Gasteiger charge is 2.15. The molecule has 1 heterocycles. The van der Waals surface area contributed by atoms with Crippen LogP contribution in [0.25, 0.3) is 0 Å². The number of benzene rings is 1. The van der Waals surface area contributed by atoms with E-state index in [0.29, 0.717) is 0 Å². The standard InChI is InChI=1S/C13H15BrClN3/c1-2-16-12(8-13-17-5-6-18-13)10-7-9(14)3-4-11(10)15/h3-7,12,16H,2,8H2,1H3,(H,17,18). The Bertz CT molecular complexity index is 499. The zero-order valence-corrected chi connectivity index (χ0v) is 12.4. The second kappa shape index (κ2) is 6.36. The van der Waals surface area contributed by atoms with Crippen molar-refractivity contribution in [2.45, 2.75) is 19.4 Å². The molecule has 0 saturated carbocycles. The number of hydrogen-bond donors (Lipinski definition) is 2. The average molecular weight is 329 g/mol. The molecular weight excluding hydrogens is 314 g/mol. The Labute approximate surface area is 120 Å². The van der Waals surface area contributed by atoms with Crippen molar-refractivity contribution < 1.29 is 0 Å². The normalized spacial score (nSPS) is 12.6. The van der Waals surface area contributed by atoms with Crippen LogP contribution in [-0.2, 0) is 6.42 Å². The predicted octanol–water partition coefficient (Wildman–Crippen LogP) is 3.72. The third-order valence-corrected chi connectivity index (χ3v) is 3.57. The van der Waals surface area contributed by atoms with Crippen molar-refractivity contribution in [1.82, 2.24) is 15.3 Å². The maximum atomic E-state index is 6.28. The van der Waals surface area contributed by atoms with E-state index >= 15 is 0 Å². The summed E-state index contributed by atoms with van der Waals surface area (Å²) >= 11 is 9.76. The number of imidazole rings is 1. The number of aromatic amines is 1. The Morgan fingerprint density at radius 1 is 1.50 bits per heavy atom. The monoisotopic (exact) mass is 327 g/mol. The first-order valence-corrected chi connectivity index (χ1v) is 7.04. The highest BCUT2D eigenvalue weighted by molar-refractivity contribution is 9.10. The van der Waals surface area contributed by atoms with Crippen molar-refractivity contribution in [3.05, 3.63) is 51.5 Å². The quantitative estimate of drug-likeness (QED) is 0.878. The van der Waals surface area contributed by atoms with Crippen LogP contribution in [0, 0.1) is 0 Å². The topological polar surface area (TPSA) is 40.7 Å². The zero-order chi connectivity index (χ0) is 13.0. The molecule has 18 heavy (non-hydrogen) atoms. The van der Waals surface area contributed by atoms with Crippen LogP contribution in [0.3, 0.4) is 0 Å². The van der Waals surface area contributed by atoms with Gasteiger partial charge in [0.2, 0.25) is 0 Å². The minimum absolute atomic E-state index is 0.158. The maximum absolute atomic E-state index is 6.28. The summed E-state index contributed by atoms with van der Waals surface area (Å²) in [5.74, 6) is 0.956. The van der Waals surface area contributed by atoms with Gasteiger partial charge in [0.15, 0.2) is 0 Å². The lowest BCUT2D eigenvalue weighted by Gasteiger charge is -2.19. The minimum atomic E-state index is 0.158. The number of nitrogens with one attached hydrogen (secondary N) is 2. The first-order valence-electron chi connectivity index (χ1n) is 5.87. The molecule has 0 spiro atoms. The van der Waals surface area contributed by atoms with Crippen LogP contribution in [-0.4, -0.2) is 16.5 Å². The van der Waals surface area contributed by atoms with Crippen molar-refractivity contribution in [2.75, 3.05) is 6.54 Å². The smallest absolute Gasteiger partial charge is 0.107 e. The summed E-state index contributed by atoms with van der Waals surface area (Å²) in [6.07, 6.45) is 4.39. The summed E-state index contributed by atoms with van der Waals surface area (Å²) in [6, 6.07) is 6.07. The lowest BCUT2D eigenvalue weighted by molar-refractivity contribution is 0.539. The molecule has 2 aromatic rings. The van der Waals surface area contributed by atoms with Gasteiger partial charge in [-0.1, -0.05) is 34.5 Å². The molecule has 2 N–H and O–H groups in total. The lowest BCUT2D eigenvalue weighted by Crippen LogP contribution is -2.23. The average Bonchev–Trinajstić information content (AvgIpc) is 2.85. The van der Waals surface area contributed by atoms with Gasteiger partial charge in [-0.2, -0.15) is 0 Å². The van der Waals surface area contributed by atoms with Crippen molar-refractivity contribution in [1.29, 1.82) is 0 Å². The number of halogens is 2. The Kier molecular flexibility index (Phi) is 4.80. The second-order valence-electron chi connectivity index (χ2n) is 4.02. The van der Waals surface area contributed by atoms with E-state index in [1.807, 2.05) is 18.3 Å². The molecule has 0 amide bonds. The van der Waals surface area contributed by atoms with Crippen LogP contribution in [0.1, 0.15) is 24.4 Å². The van der Waals surface area contributed by atoms with Gasteiger partial charge in [0.05, 0.1) is 0 Å². The molecule has 96 valence electrons. The van der Waals surface area contributed by atoms with E-state index in [9.17, 15) is 0 Å². The molecule has 0 aliphatic heterocycles. The van der Waals surface area contributed by atoms with Gasteiger partial charge in [0, 0.05) is 34.4 Å². The van der Waals surface area contributed by atoms with Crippen molar-refractivity contribution in [3.63, 3.8) is 0 Å². The molecule has 3 nitrogen and oxygen atoms in total. The summed E-state index contributed by atoms with van der Waals surface area (Å²) in [5, 5.41) is 4.21. The molecule has 1 atom stereocenters. The van der Waals surface area contributed by atoms with Crippen LogP contribution in [0.2, 0.25) is 5.02 Å².